The molecule has 0 bridgehead atoms. The van der Waals surface area contributed by atoms with E-state index in [0.717, 1.165) is 24.3 Å². The number of benzene rings is 2. The largest absolute Gasteiger partial charge is 0.506 e. The van der Waals surface area contributed by atoms with Gasteiger partial charge in [0.2, 0.25) is 0 Å². The summed E-state index contributed by atoms with van der Waals surface area (Å²) in [5.74, 6) is -2.72. The topological polar surface area (TPSA) is 195 Å². The maximum absolute atomic E-state index is 12.7. The van der Waals surface area contributed by atoms with Crippen LogP contribution in [0.5, 0.6) is 11.5 Å². The van der Waals surface area contributed by atoms with Crippen molar-refractivity contribution in [3.63, 3.8) is 0 Å². The standard InChI is InChI=1S/C19H13NO10S2/c21-11-3-1-8(5-14(11)31(25,26)27)10-7-13(23)17-16(10)19(24)20-18(17)9-2-4-12(22)15(6-9)32(28,29)30/h1-6,21-22H,7H2,(H,20,24)(H,25,26,27)(H,28,29,30). The third-order valence-corrected chi connectivity index (χ3v) is 6.76. The Balaban J connectivity index is 1.93. The molecule has 0 saturated heterocycles. The first-order valence-corrected chi connectivity index (χ1v) is 11.6. The first-order valence-electron chi connectivity index (χ1n) is 8.73. The molecule has 2 aliphatic rings. The van der Waals surface area contributed by atoms with Crippen LogP contribution in [0.2, 0.25) is 0 Å². The Hall–Kier alpha value is -3.52. The van der Waals surface area contributed by atoms with Crippen molar-refractivity contribution in [2.24, 2.45) is 0 Å². The van der Waals surface area contributed by atoms with Gasteiger partial charge >= 0.3 is 0 Å². The molecule has 5 N–H and O–H groups in total. The highest BCUT2D eigenvalue weighted by atomic mass is 32.2. The van der Waals surface area contributed by atoms with E-state index in [1.165, 1.54) is 12.1 Å². The summed E-state index contributed by atoms with van der Waals surface area (Å²) >= 11 is 0. The Morgan fingerprint density at radius 3 is 1.78 bits per heavy atom. The number of hydrogen-bond donors (Lipinski definition) is 5. The van der Waals surface area contributed by atoms with Crippen molar-refractivity contribution in [3.05, 3.63) is 58.7 Å². The minimum absolute atomic E-state index is 0.0210. The average Bonchev–Trinajstić information content (AvgIpc) is 3.19. The summed E-state index contributed by atoms with van der Waals surface area (Å²) < 4.78 is 64.5. The molecule has 4 rings (SSSR count). The molecule has 0 unspecified atom stereocenters. The maximum Gasteiger partial charge on any atom is 0.298 e. The lowest BCUT2D eigenvalue weighted by atomic mass is 10.0. The van der Waals surface area contributed by atoms with Crippen molar-refractivity contribution >= 4 is 43.2 Å². The molecule has 0 aromatic heterocycles. The zero-order valence-corrected chi connectivity index (χ0v) is 17.4. The third kappa shape index (κ3) is 3.46. The lowest BCUT2D eigenvalue weighted by Gasteiger charge is -2.09. The second-order valence-electron chi connectivity index (χ2n) is 6.97. The van der Waals surface area contributed by atoms with Crippen molar-refractivity contribution in [2.45, 2.75) is 16.2 Å². The van der Waals surface area contributed by atoms with Gasteiger partial charge in [0.15, 0.2) is 5.78 Å². The molecule has 1 heterocycles. The second-order valence-corrected chi connectivity index (χ2v) is 9.75. The van der Waals surface area contributed by atoms with Gasteiger partial charge < -0.3 is 15.5 Å². The number of nitrogens with one attached hydrogen (secondary N) is 1. The molecule has 0 saturated carbocycles. The molecule has 0 radical (unpaired) electrons. The van der Waals surface area contributed by atoms with Gasteiger partial charge in [0.1, 0.15) is 21.3 Å². The fourth-order valence-corrected chi connectivity index (χ4v) is 4.85. The lowest BCUT2D eigenvalue weighted by molar-refractivity contribution is -0.116. The number of hydrogen-bond acceptors (Lipinski definition) is 8. The summed E-state index contributed by atoms with van der Waals surface area (Å²) in [5.41, 5.74) is 0.0268. The van der Waals surface area contributed by atoms with Crippen LogP contribution >= 0.6 is 0 Å². The first-order chi connectivity index (χ1) is 14.8. The van der Waals surface area contributed by atoms with E-state index in [9.17, 15) is 45.7 Å². The van der Waals surface area contributed by atoms with Crippen LogP contribution in [0.3, 0.4) is 0 Å². The van der Waals surface area contributed by atoms with Gasteiger partial charge in [-0.3, -0.25) is 18.7 Å². The summed E-state index contributed by atoms with van der Waals surface area (Å²) in [6.45, 7) is 0. The van der Waals surface area contributed by atoms with E-state index < -0.39 is 53.2 Å². The van der Waals surface area contributed by atoms with Crippen molar-refractivity contribution < 1.29 is 45.7 Å². The SMILES string of the molecule is O=C1CC(c2ccc(O)c(S(=O)(=O)O)c2)=C2C(=O)NC(c3ccc(O)c(S(=O)(=O)O)c3)=C12. The van der Waals surface area contributed by atoms with Gasteiger partial charge in [0.25, 0.3) is 26.1 Å². The molecule has 2 aromatic carbocycles. The van der Waals surface area contributed by atoms with Crippen molar-refractivity contribution in [1.82, 2.24) is 5.32 Å². The molecule has 0 atom stereocenters. The van der Waals surface area contributed by atoms with Crippen LogP contribution in [0.4, 0.5) is 0 Å². The van der Waals surface area contributed by atoms with E-state index >= 15 is 0 Å². The van der Waals surface area contributed by atoms with Crippen LogP contribution in [-0.2, 0) is 29.8 Å². The second kappa shape index (κ2) is 7.00. The number of amides is 1. The number of rotatable bonds is 4. The van der Waals surface area contributed by atoms with Crippen LogP contribution in [0, 0.1) is 0 Å². The number of allylic oxidation sites excluding steroid dienone is 1. The fourth-order valence-electron chi connectivity index (χ4n) is 3.63. The molecule has 1 amide bonds. The van der Waals surface area contributed by atoms with Crippen LogP contribution in [0.1, 0.15) is 17.5 Å². The molecule has 11 nitrogen and oxygen atoms in total. The van der Waals surface area contributed by atoms with Gasteiger partial charge in [-0.2, -0.15) is 16.8 Å². The van der Waals surface area contributed by atoms with Crippen molar-refractivity contribution in [2.75, 3.05) is 0 Å². The van der Waals surface area contributed by atoms with Crippen molar-refractivity contribution in [1.29, 1.82) is 0 Å². The lowest BCUT2D eigenvalue weighted by Crippen LogP contribution is -2.17. The van der Waals surface area contributed by atoms with Crippen LogP contribution < -0.4 is 5.32 Å². The molecular weight excluding hydrogens is 466 g/mol. The smallest absolute Gasteiger partial charge is 0.298 e. The summed E-state index contributed by atoms with van der Waals surface area (Å²) in [5, 5.41) is 21.9. The van der Waals surface area contributed by atoms with Crippen molar-refractivity contribution in [3.8, 4) is 11.5 Å². The number of carbonyl (C=O) groups is 2. The van der Waals surface area contributed by atoms with E-state index in [2.05, 4.69) is 5.32 Å². The highest BCUT2D eigenvalue weighted by Crippen LogP contribution is 2.43. The Kier molecular flexibility index (Phi) is 4.74. The maximum atomic E-state index is 12.7. The summed E-state index contributed by atoms with van der Waals surface area (Å²) in [4.78, 5) is 23.8. The first kappa shape index (κ1) is 21.7. The zero-order chi connectivity index (χ0) is 23.6. The fraction of sp³-hybridized carbons (Fsp3) is 0.0526. The van der Waals surface area contributed by atoms with Gasteiger partial charge in [-0.15, -0.1) is 0 Å². The minimum Gasteiger partial charge on any atom is -0.506 e. The Labute approximate surface area is 180 Å². The monoisotopic (exact) mass is 479 g/mol. The summed E-state index contributed by atoms with van der Waals surface area (Å²) in [7, 11) is -9.58. The van der Waals surface area contributed by atoms with E-state index in [1.807, 2.05) is 0 Å². The molecule has 166 valence electrons. The summed E-state index contributed by atoms with van der Waals surface area (Å²) in [6, 6.07) is 6.27. The molecular formula is C19H13NO10S2. The quantitative estimate of drug-likeness (QED) is 0.392. The highest BCUT2D eigenvalue weighted by molar-refractivity contribution is 7.86. The number of aromatic hydroxyl groups is 2. The molecule has 1 aliphatic carbocycles. The van der Waals surface area contributed by atoms with Gasteiger partial charge in [-0.05, 0) is 41.5 Å². The summed E-state index contributed by atoms with van der Waals surface area (Å²) in [6.07, 6.45) is -0.305. The number of Topliss-reactive ketones (excluding diaryl/α,β-unsaturated/α-hetero) is 1. The van der Waals surface area contributed by atoms with E-state index in [4.69, 9.17) is 0 Å². The molecule has 0 spiro atoms. The number of phenolic OH excluding ortho intramolecular Hbond substituents is 2. The third-order valence-electron chi connectivity index (χ3n) is 5.00. The number of fused-ring (bicyclic) bond motifs is 1. The molecule has 1 aliphatic heterocycles. The highest BCUT2D eigenvalue weighted by Gasteiger charge is 2.41. The van der Waals surface area contributed by atoms with E-state index in [0.29, 0.717) is 0 Å². The Bertz CT molecular complexity index is 1400. The number of phenols is 2. The van der Waals surface area contributed by atoms with Gasteiger partial charge in [-0.25, -0.2) is 0 Å². The van der Waals surface area contributed by atoms with E-state index in [1.54, 1.807) is 0 Å². The molecule has 32 heavy (non-hydrogen) atoms. The number of carbonyl (C=O) groups excluding carboxylic acids is 2. The predicted molar refractivity (Wildman–Crippen MR) is 107 cm³/mol. The normalized spacial score (nSPS) is 16.6. The molecule has 13 heteroatoms. The zero-order valence-electron chi connectivity index (χ0n) is 15.7. The Morgan fingerprint density at radius 2 is 1.25 bits per heavy atom. The minimum atomic E-state index is -4.80. The molecule has 0 fully saturated rings. The molecule has 2 aromatic rings. The Morgan fingerprint density at radius 1 is 0.750 bits per heavy atom. The van der Waals surface area contributed by atoms with Crippen LogP contribution in [-0.4, -0.2) is 47.8 Å². The predicted octanol–water partition coefficient (Wildman–Crippen LogP) is 0.859. The van der Waals surface area contributed by atoms with Gasteiger partial charge in [0.05, 0.1) is 16.8 Å². The average molecular weight is 479 g/mol. The van der Waals surface area contributed by atoms with E-state index in [-0.39, 0.29) is 40.0 Å². The number of ketones is 1. The van der Waals surface area contributed by atoms with Crippen LogP contribution in [0.15, 0.2) is 57.3 Å². The van der Waals surface area contributed by atoms with Gasteiger partial charge in [-0.1, -0.05) is 6.07 Å². The van der Waals surface area contributed by atoms with Gasteiger partial charge in [0, 0.05) is 12.0 Å². The van der Waals surface area contributed by atoms with Crippen LogP contribution in [0.25, 0.3) is 11.3 Å².